The van der Waals surface area contributed by atoms with Crippen LogP contribution >= 0.6 is 11.8 Å². The average molecular weight is 622 g/mol. The molecule has 1 unspecified atom stereocenters. The third kappa shape index (κ3) is 8.42. The van der Waals surface area contributed by atoms with Crippen LogP contribution in [-0.2, 0) is 26.2 Å². The van der Waals surface area contributed by atoms with Crippen LogP contribution in [-0.4, -0.2) is 50.0 Å². The first-order chi connectivity index (χ1) is 20.6. The van der Waals surface area contributed by atoms with Crippen LogP contribution in [0.15, 0.2) is 82.6 Å². The van der Waals surface area contributed by atoms with E-state index in [9.17, 15) is 18.0 Å². The number of thioether (sulfide) groups is 1. The number of anilines is 1. The zero-order chi connectivity index (χ0) is 31.0. The van der Waals surface area contributed by atoms with Crippen LogP contribution in [0.25, 0.3) is 0 Å². The van der Waals surface area contributed by atoms with E-state index < -0.39 is 28.5 Å². The number of benzene rings is 3. The molecule has 43 heavy (non-hydrogen) atoms. The fraction of sp³-hybridized carbons (Fsp3) is 0.412. The van der Waals surface area contributed by atoms with Crippen LogP contribution in [0.4, 0.5) is 5.69 Å². The molecule has 1 N–H and O–H groups in total. The maximum Gasteiger partial charge on any atom is 0.264 e. The summed E-state index contributed by atoms with van der Waals surface area (Å²) in [6.07, 6.45) is 7.53. The summed E-state index contributed by atoms with van der Waals surface area (Å²) in [5.41, 5.74) is 3.33. The van der Waals surface area contributed by atoms with Gasteiger partial charge in [0.15, 0.2) is 0 Å². The van der Waals surface area contributed by atoms with Crippen molar-refractivity contribution in [2.45, 2.75) is 87.7 Å². The second-order valence-electron chi connectivity index (χ2n) is 11.3. The van der Waals surface area contributed by atoms with Crippen molar-refractivity contribution in [3.8, 4) is 0 Å². The zero-order valence-electron chi connectivity index (χ0n) is 25.6. The fourth-order valence-electron chi connectivity index (χ4n) is 5.47. The lowest BCUT2D eigenvalue weighted by Crippen LogP contribution is -2.54. The van der Waals surface area contributed by atoms with Gasteiger partial charge in [-0.25, -0.2) is 8.42 Å². The summed E-state index contributed by atoms with van der Waals surface area (Å²) in [5, 5.41) is 3.19. The van der Waals surface area contributed by atoms with Gasteiger partial charge in [-0.15, -0.1) is 11.8 Å². The van der Waals surface area contributed by atoms with Crippen molar-refractivity contribution in [2.24, 2.45) is 0 Å². The third-order valence-corrected chi connectivity index (χ3v) is 10.6. The van der Waals surface area contributed by atoms with E-state index in [1.165, 1.54) is 18.2 Å². The Labute approximate surface area is 261 Å². The van der Waals surface area contributed by atoms with Gasteiger partial charge in [-0.05, 0) is 81.3 Å². The molecule has 1 fully saturated rings. The van der Waals surface area contributed by atoms with Gasteiger partial charge in [-0.1, -0.05) is 73.7 Å². The summed E-state index contributed by atoms with van der Waals surface area (Å²) in [7, 11) is -4.10. The smallest absolute Gasteiger partial charge is 0.264 e. The Hall–Kier alpha value is -3.30. The molecule has 3 aromatic rings. The predicted octanol–water partition coefficient (Wildman–Crippen LogP) is 6.48. The Kier molecular flexibility index (Phi) is 11.3. The fourth-order valence-corrected chi connectivity index (χ4v) is 7.29. The molecule has 0 saturated heterocycles. The highest BCUT2D eigenvalue weighted by Crippen LogP contribution is 2.27. The van der Waals surface area contributed by atoms with Crippen LogP contribution in [0.3, 0.4) is 0 Å². The summed E-state index contributed by atoms with van der Waals surface area (Å²) >= 11 is 1.52. The minimum absolute atomic E-state index is 0.0975. The van der Waals surface area contributed by atoms with Gasteiger partial charge in [-0.2, -0.15) is 0 Å². The molecule has 7 nitrogen and oxygen atoms in total. The lowest BCUT2D eigenvalue weighted by Gasteiger charge is -2.34. The van der Waals surface area contributed by atoms with E-state index in [1.54, 1.807) is 41.3 Å². The summed E-state index contributed by atoms with van der Waals surface area (Å²) < 4.78 is 29.3. The van der Waals surface area contributed by atoms with Crippen LogP contribution in [0.5, 0.6) is 0 Å². The van der Waals surface area contributed by atoms with E-state index in [4.69, 9.17) is 0 Å². The van der Waals surface area contributed by atoms with Gasteiger partial charge < -0.3 is 10.2 Å². The number of sulfonamides is 1. The van der Waals surface area contributed by atoms with Gasteiger partial charge in [0, 0.05) is 17.5 Å². The first kappa shape index (κ1) is 32.6. The third-order valence-electron chi connectivity index (χ3n) is 8.06. The minimum atomic E-state index is -4.10. The number of nitrogens with one attached hydrogen (secondary N) is 1. The van der Waals surface area contributed by atoms with Crippen molar-refractivity contribution >= 4 is 39.3 Å². The molecule has 4 rings (SSSR count). The molecule has 0 aliphatic heterocycles. The van der Waals surface area contributed by atoms with Crippen molar-refractivity contribution in [3.05, 3.63) is 89.5 Å². The molecule has 3 aromatic carbocycles. The number of rotatable bonds is 12. The molecule has 0 aromatic heterocycles. The molecule has 0 spiro atoms. The predicted molar refractivity (Wildman–Crippen MR) is 175 cm³/mol. The van der Waals surface area contributed by atoms with E-state index >= 15 is 0 Å². The van der Waals surface area contributed by atoms with Gasteiger partial charge in [0.05, 0.1) is 10.6 Å². The Balaban J connectivity index is 1.69. The highest BCUT2D eigenvalue weighted by Gasteiger charge is 2.34. The molecular formula is C34H43N3O4S2. The molecule has 9 heteroatoms. The molecule has 230 valence electrons. The van der Waals surface area contributed by atoms with Gasteiger partial charge >= 0.3 is 0 Å². The van der Waals surface area contributed by atoms with Gasteiger partial charge in [0.2, 0.25) is 11.8 Å². The standard InChI is InChI=1S/C34H43N3O4S2/c1-5-32(34(39)35-28-9-7-6-8-10-28)36(23-27-15-11-25(2)12-16-27)33(38)24-37(29-17-13-26(3)14-18-29)43(40,41)31-21-19-30(42-4)20-22-31/h11-22,28,32H,5-10,23-24H2,1-4H3,(H,35,39). The molecule has 0 heterocycles. The van der Waals surface area contributed by atoms with E-state index in [0.29, 0.717) is 12.1 Å². The Morgan fingerprint density at radius 3 is 2.02 bits per heavy atom. The van der Waals surface area contributed by atoms with E-state index in [-0.39, 0.29) is 23.4 Å². The molecule has 0 bridgehead atoms. The largest absolute Gasteiger partial charge is 0.352 e. The van der Waals surface area contributed by atoms with Gasteiger partial charge in [0.1, 0.15) is 12.6 Å². The van der Waals surface area contributed by atoms with Crippen molar-refractivity contribution in [2.75, 3.05) is 17.1 Å². The topological polar surface area (TPSA) is 86.8 Å². The van der Waals surface area contributed by atoms with Crippen molar-refractivity contribution in [1.82, 2.24) is 10.2 Å². The number of nitrogens with zero attached hydrogens (tertiary/aromatic N) is 2. The summed E-state index contributed by atoms with van der Waals surface area (Å²) in [6, 6.07) is 21.0. The summed E-state index contributed by atoms with van der Waals surface area (Å²) in [5.74, 6) is -0.622. The molecule has 0 radical (unpaired) electrons. The maximum atomic E-state index is 14.3. The summed E-state index contributed by atoms with van der Waals surface area (Å²) in [4.78, 5) is 30.5. The van der Waals surface area contributed by atoms with Crippen LogP contribution in [0.2, 0.25) is 0 Å². The maximum absolute atomic E-state index is 14.3. The highest BCUT2D eigenvalue weighted by molar-refractivity contribution is 7.98. The number of carbonyl (C=O) groups excluding carboxylic acids is 2. The Morgan fingerprint density at radius 2 is 1.47 bits per heavy atom. The molecule has 1 aliphatic carbocycles. The normalized spacial score (nSPS) is 14.6. The van der Waals surface area contributed by atoms with Gasteiger partial charge in [0.25, 0.3) is 10.0 Å². The first-order valence-corrected chi connectivity index (χ1v) is 17.7. The Morgan fingerprint density at radius 1 is 0.884 bits per heavy atom. The number of hydrogen-bond acceptors (Lipinski definition) is 5. The second-order valence-corrected chi connectivity index (χ2v) is 14.0. The van der Waals surface area contributed by atoms with E-state index in [1.807, 2.05) is 63.4 Å². The molecule has 2 amide bonds. The SMILES string of the molecule is CCC(C(=O)NC1CCCCC1)N(Cc1ccc(C)cc1)C(=O)CN(c1ccc(C)cc1)S(=O)(=O)c1ccc(SC)cc1. The second kappa shape index (κ2) is 14.9. The molecule has 1 aliphatic rings. The van der Waals surface area contributed by atoms with Crippen LogP contribution < -0.4 is 9.62 Å². The van der Waals surface area contributed by atoms with Gasteiger partial charge in [-0.3, -0.25) is 13.9 Å². The number of aryl methyl sites for hydroxylation is 2. The molecule has 1 saturated carbocycles. The van der Waals surface area contributed by atoms with Crippen molar-refractivity contribution < 1.29 is 18.0 Å². The number of carbonyl (C=O) groups is 2. The minimum Gasteiger partial charge on any atom is -0.352 e. The number of hydrogen-bond donors (Lipinski definition) is 1. The highest BCUT2D eigenvalue weighted by atomic mass is 32.2. The first-order valence-electron chi connectivity index (χ1n) is 15.0. The quantitative estimate of drug-likeness (QED) is 0.234. The zero-order valence-corrected chi connectivity index (χ0v) is 27.2. The van der Waals surface area contributed by atoms with Crippen molar-refractivity contribution in [3.63, 3.8) is 0 Å². The van der Waals surface area contributed by atoms with Crippen LogP contribution in [0, 0.1) is 13.8 Å². The van der Waals surface area contributed by atoms with E-state index in [2.05, 4.69) is 5.32 Å². The summed E-state index contributed by atoms with van der Waals surface area (Å²) in [6.45, 7) is 5.57. The van der Waals surface area contributed by atoms with Crippen LogP contribution in [0.1, 0.15) is 62.1 Å². The monoisotopic (exact) mass is 621 g/mol. The lowest BCUT2D eigenvalue weighted by molar-refractivity contribution is -0.140. The molecule has 1 atom stereocenters. The average Bonchev–Trinajstić information content (AvgIpc) is 3.01. The van der Waals surface area contributed by atoms with Crippen molar-refractivity contribution in [1.29, 1.82) is 0 Å². The van der Waals surface area contributed by atoms with E-state index in [0.717, 1.165) is 51.6 Å². The lowest BCUT2D eigenvalue weighted by atomic mass is 9.95. The Bertz CT molecular complexity index is 1470. The number of amides is 2. The molecular weight excluding hydrogens is 579 g/mol.